The van der Waals surface area contributed by atoms with E-state index < -0.39 is 5.60 Å². The van der Waals surface area contributed by atoms with E-state index in [1.54, 1.807) is 19.9 Å². The van der Waals surface area contributed by atoms with E-state index in [2.05, 4.69) is 0 Å². The Bertz CT molecular complexity index is 385. The van der Waals surface area contributed by atoms with E-state index in [0.717, 1.165) is 11.3 Å². The maximum absolute atomic E-state index is 13.2. The Hall–Kier alpha value is -1.13. The molecule has 0 fully saturated rings. The van der Waals surface area contributed by atoms with Crippen LogP contribution in [0.1, 0.15) is 32.4 Å². The van der Waals surface area contributed by atoms with Gasteiger partial charge in [-0.2, -0.15) is 0 Å². The van der Waals surface area contributed by atoms with Crippen molar-refractivity contribution in [3.8, 4) is 0 Å². The summed E-state index contributed by atoms with van der Waals surface area (Å²) >= 11 is 0. The summed E-state index contributed by atoms with van der Waals surface area (Å²) in [6.45, 7) is 5.74. The monoisotopic (exact) mass is 240 g/mol. The summed E-state index contributed by atoms with van der Waals surface area (Å²) in [6.07, 6.45) is 0. The van der Waals surface area contributed by atoms with Crippen molar-refractivity contribution in [1.82, 2.24) is 0 Å². The van der Waals surface area contributed by atoms with Crippen LogP contribution in [0.15, 0.2) is 18.2 Å². The molecule has 0 saturated carbocycles. The third kappa shape index (κ3) is 3.98. The van der Waals surface area contributed by atoms with Crippen LogP contribution in [0.4, 0.5) is 10.1 Å². The van der Waals surface area contributed by atoms with Crippen molar-refractivity contribution < 1.29 is 9.50 Å². The molecule has 0 aliphatic heterocycles. The molecule has 0 unspecified atom stereocenters. The molecule has 1 aromatic rings. The van der Waals surface area contributed by atoms with Crippen molar-refractivity contribution in [2.24, 2.45) is 5.73 Å². The largest absolute Gasteiger partial charge is 0.389 e. The number of hydrogen-bond donors (Lipinski definition) is 2. The van der Waals surface area contributed by atoms with E-state index in [4.69, 9.17) is 5.73 Å². The van der Waals surface area contributed by atoms with Gasteiger partial charge in [0.15, 0.2) is 0 Å². The van der Waals surface area contributed by atoms with E-state index in [0.29, 0.717) is 6.54 Å². The average molecular weight is 240 g/mol. The highest BCUT2D eigenvalue weighted by atomic mass is 19.1. The molecule has 3 nitrogen and oxygen atoms in total. The summed E-state index contributed by atoms with van der Waals surface area (Å²) in [5, 5.41) is 9.79. The number of halogens is 1. The molecule has 17 heavy (non-hydrogen) atoms. The third-order valence-corrected chi connectivity index (χ3v) is 2.52. The van der Waals surface area contributed by atoms with Gasteiger partial charge in [-0.05, 0) is 44.5 Å². The molecular weight excluding hydrogens is 219 g/mol. The highest BCUT2D eigenvalue weighted by Crippen LogP contribution is 2.26. The van der Waals surface area contributed by atoms with E-state index in [9.17, 15) is 9.50 Å². The van der Waals surface area contributed by atoms with Crippen LogP contribution in [0, 0.1) is 5.82 Å². The van der Waals surface area contributed by atoms with E-state index in [1.807, 2.05) is 18.9 Å². The SMILES string of the molecule is C[C@H](N)c1cc(F)ccc1N(C)CC(C)(C)O. The van der Waals surface area contributed by atoms with Gasteiger partial charge in [0.1, 0.15) is 5.82 Å². The Morgan fingerprint density at radius 2 is 2.06 bits per heavy atom. The van der Waals surface area contributed by atoms with Gasteiger partial charge in [0.25, 0.3) is 0 Å². The lowest BCUT2D eigenvalue weighted by Gasteiger charge is -2.29. The molecule has 0 aromatic heterocycles. The Balaban J connectivity index is 3.04. The van der Waals surface area contributed by atoms with Crippen molar-refractivity contribution >= 4 is 5.69 Å². The molecule has 4 heteroatoms. The lowest BCUT2D eigenvalue weighted by Crippen LogP contribution is -2.37. The Kier molecular flexibility index (Phi) is 4.11. The molecule has 1 aromatic carbocycles. The molecule has 0 aliphatic carbocycles. The summed E-state index contributed by atoms with van der Waals surface area (Å²) < 4.78 is 13.2. The molecule has 1 atom stereocenters. The van der Waals surface area contributed by atoms with Crippen LogP contribution >= 0.6 is 0 Å². The molecule has 0 amide bonds. The van der Waals surface area contributed by atoms with Gasteiger partial charge in [0.2, 0.25) is 0 Å². The second-order valence-electron chi connectivity index (χ2n) is 5.16. The van der Waals surface area contributed by atoms with Crippen molar-refractivity contribution in [2.45, 2.75) is 32.4 Å². The number of nitrogens with zero attached hydrogens (tertiary/aromatic N) is 1. The lowest BCUT2D eigenvalue weighted by atomic mass is 10.0. The van der Waals surface area contributed by atoms with Crippen LogP contribution in [0.25, 0.3) is 0 Å². The predicted molar refractivity (Wildman–Crippen MR) is 68.6 cm³/mol. The number of hydrogen-bond acceptors (Lipinski definition) is 3. The first-order chi connectivity index (χ1) is 7.70. The van der Waals surface area contributed by atoms with Gasteiger partial charge in [-0.15, -0.1) is 0 Å². The van der Waals surface area contributed by atoms with E-state index in [-0.39, 0.29) is 11.9 Å². The summed E-state index contributed by atoms with van der Waals surface area (Å²) in [7, 11) is 1.86. The number of likely N-dealkylation sites (N-methyl/N-ethyl adjacent to an activating group) is 1. The highest BCUT2D eigenvalue weighted by molar-refractivity contribution is 5.54. The minimum absolute atomic E-state index is 0.245. The molecule has 0 aliphatic rings. The predicted octanol–water partition coefficient (Wildman–Crippen LogP) is 2.05. The molecule has 96 valence electrons. The molecule has 3 N–H and O–H groups in total. The molecule has 0 saturated heterocycles. The number of benzene rings is 1. The number of aliphatic hydroxyl groups is 1. The first-order valence-electron chi connectivity index (χ1n) is 5.69. The summed E-state index contributed by atoms with van der Waals surface area (Å²) in [5.41, 5.74) is 6.62. The number of rotatable bonds is 4. The van der Waals surface area contributed by atoms with Crippen LogP contribution in [-0.4, -0.2) is 24.3 Å². The van der Waals surface area contributed by atoms with Crippen molar-refractivity contribution in [3.63, 3.8) is 0 Å². The Labute approximate surface area is 102 Å². The Morgan fingerprint density at radius 3 is 2.53 bits per heavy atom. The second-order valence-corrected chi connectivity index (χ2v) is 5.16. The van der Waals surface area contributed by atoms with E-state index in [1.165, 1.54) is 12.1 Å². The third-order valence-electron chi connectivity index (χ3n) is 2.52. The topological polar surface area (TPSA) is 49.5 Å². The summed E-state index contributed by atoms with van der Waals surface area (Å²) in [5.74, 6) is -0.294. The molecule has 0 bridgehead atoms. The van der Waals surface area contributed by atoms with Gasteiger partial charge in [0, 0.05) is 25.3 Å². The fourth-order valence-corrected chi connectivity index (χ4v) is 1.90. The zero-order valence-electron chi connectivity index (χ0n) is 10.9. The highest BCUT2D eigenvalue weighted by Gasteiger charge is 2.19. The van der Waals surface area contributed by atoms with Crippen LogP contribution in [0.5, 0.6) is 0 Å². The number of nitrogens with two attached hydrogens (primary N) is 1. The summed E-state index contributed by atoms with van der Waals surface area (Å²) in [6, 6.07) is 4.30. The van der Waals surface area contributed by atoms with Crippen molar-refractivity contribution in [1.29, 1.82) is 0 Å². The van der Waals surface area contributed by atoms with Crippen molar-refractivity contribution in [2.75, 3.05) is 18.5 Å². The summed E-state index contributed by atoms with van der Waals surface area (Å²) in [4.78, 5) is 1.89. The smallest absolute Gasteiger partial charge is 0.123 e. The zero-order valence-corrected chi connectivity index (χ0v) is 10.9. The molecule has 0 spiro atoms. The quantitative estimate of drug-likeness (QED) is 0.847. The van der Waals surface area contributed by atoms with Gasteiger partial charge >= 0.3 is 0 Å². The normalized spacial score (nSPS) is 13.6. The maximum Gasteiger partial charge on any atom is 0.123 e. The standard InChI is InChI=1S/C13H21FN2O/c1-9(15)11-7-10(14)5-6-12(11)16(4)8-13(2,3)17/h5-7,9,17H,8,15H2,1-4H3/t9-/m0/s1. The minimum atomic E-state index is -0.807. The van der Waals surface area contributed by atoms with Gasteiger partial charge in [-0.25, -0.2) is 4.39 Å². The second kappa shape index (κ2) is 5.02. The average Bonchev–Trinajstić information content (AvgIpc) is 2.14. The van der Waals surface area contributed by atoms with Gasteiger partial charge in [-0.3, -0.25) is 0 Å². The first-order valence-corrected chi connectivity index (χ1v) is 5.69. The van der Waals surface area contributed by atoms with Crippen LogP contribution < -0.4 is 10.6 Å². The van der Waals surface area contributed by atoms with Crippen LogP contribution in [0.2, 0.25) is 0 Å². The van der Waals surface area contributed by atoms with Crippen LogP contribution in [0.3, 0.4) is 0 Å². The fraction of sp³-hybridized carbons (Fsp3) is 0.538. The molecule has 0 heterocycles. The first kappa shape index (κ1) is 13.9. The lowest BCUT2D eigenvalue weighted by molar-refractivity contribution is 0.0886. The van der Waals surface area contributed by atoms with Gasteiger partial charge in [-0.1, -0.05) is 0 Å². The van der Waals surface area contributed by atoms with Crippen LogP contribution in [-0.2, 0) is 0 Å². The minimum Gasteiger partial charge on any atom is -0.389 e. The maximum atomic E-state index is 13.2. The van der Waals surface area contributed by atoms with E-state index >= 15 is 0 Å². The number of anilines is 1. The van der Waals surface area contributed by atoms with Gasteiger partial charge < -0.3 is 15.7 Å². The van der Waals surface area contributed by atoms with Gasteiger partial charge in [0.05, 0.1) is 5.60 Å². The zero-order chi connectivity index (χ0) is 13.2. The molecule has 0 radical (unpaired) electrons. The Morgan fingerprint density at radius 1 is 1.47 bits per heavy atom. The molecule has 1 rings (SSSR count). The van der Waals surface area contributed by atoms with Crippen molar-refractivity contribution in [3.05, 3.63) is 29.6 Å². The molecular formula is C13H21FN2O. The fourth-order valence-electron chi connectivity index (χ4n) is 1.90.